The fraction of sp³-hybridized carbons (Fsp3) is 0.571. The van der Waals surface area contributed by atoms with Crippen LogP contribution in [0.3, 0.4) is 0 Å². The Kier molecular flexibility index (Phi) is 5.47. The monoisotopic (exact) mass is 299 g/mol. The fourth-order valence-corrected chi connectivity index (χ4v) is 2.09. The van der Waals surface area contributed by atoms with Gasteiger partial charge >= 0.3 is 0 Å². The van der Waals surface area contributed by atoms with Crippen LogP contribution in [0.15, 0.2) is 24.3 Å². The summed E-state index contributed by atoms with van der Waals surface area (Å²) in [6, 6.07) is 8.25. The minimum Gasteiger partial charge on any atom is -0.497 e. The van der Waals surface area contributed by atoms with Crippen LogP contribution in [0.5, 0.6) is 5.75 Å². The second-order valence-corrected chi connectivity index (χ2v) is 5.88. The van der Waals surface area contributed by atoms with Gasteiger partial charge in [0.15, 0.2) is 0 Å². The van der Waals surface area contributed by atoms with Crippen molar-refractivity contribution in [3.63, 3.8) is 0 Å². The normalized spacial score (nSPS) is 11.9. The zero-order chi connectivity index (χ0) is 12.9. The predicted molar refractivity (Wildman–Crippen MR) is 76.9 cm³/mol. The summed E-state index contributed by atoms with van der Waals surface area (Å²) in [6.07, 6.45) is 0. The first-order valence-corrected chi connectivity index (χ1v) is 6.96. The van der Waals surface area contributed by atoms with Crippen LogP contribution in [-0.4, -0.2) is 30.9 Å². The molecule has 0 aliphatic heterocycles. The summed E-state index contributed by atoms with van der Waals surface area (Å²) in [6.45, 7) is 6.55. The number of halogens is 1. The highest BCUT2D eigenvalue weighted by molar-refractivity contribution is 9.09. The van der Waals surface area contributed by atoms with Gasteiger partial charge in [-0.25, -0.2) is 0 Å². The van der Waals surface area contributed by atoms with Crippen LogP contribution in [0.25, 0.3) is 0 Å². The van der Waals surface area contributed by atoms with E-state index in [0.717, 1.165) is 24.2 Å². The van der Waals surface area contributed by atoms with E-state index in [0.29, 0.717) is 5.41 Å². The van der Waals surface area contributed by atoms with Crippen LogP contribution < -0.4 is 4.74 Å². The van der Waals surface area contributed by atoms with E-state index < -0.39 is 0 Å². The molecular weight excluding hydrogens is 278 g/mol. The maximum Gasteiger partial charge on any atom is 0.119 e. The van der Waals surface area contributed by atoms with Crippen LogP contribution in [-0.2, 0) is 6.54 Å². The zero-order valence-electron chi connectivity index (χ0n) is 11.2. The number of hydrogen-bond donors (Lipinski definition) is 0. The molecule has 1 rings (SSSR count). The summed E-state index contributed by atoms with van der Waals surface area (Å²) >= 11 is 3.56. The molecule has 0 spiro atoms. The van der Waals surface area contributed by atoms with Crippen LogP contribution in [0.2, 0.25) is 0 Å². The van der Waals surface area contributed by atoms with Crippen LogP contribution >= 0.6 is 15.9 Å². The Hall–Kier alpha value is -0.540. The van der Waals surface area contributed by atoms with Gasteiger partial charge in [-0.05, 0) is 30.2 Å². The Balaban J connectivity index is 2.58. The van der Waals surface area contributed by atoms with Crippen molar-refractivity contribution in [2.24, 2.45) is 5.41 Å². The van der Waals surface area contributed by atoms with Crippen LogP contribution in [0, 0.1) is 5.41 Å². The molecule has 0 amide bonds. The molecule has 0 aromatic heterocycles. The van der Waals surface area contributed by atoms with E-state index in [-0.39, 0.29) is 0 Å². The van der Waals surface area contributed by atoms with Gasteiger partial charge in [-0.3, -0.25) is 0 Å². The molecule has 0 bridgehead atoms. The maximum atomic E-state index is 5.23. The maximum absolute atomic E-state index is 5.23. The molecule has 96 valence electrons. The van der Waals surface area contributed by atoms with E-state index in [1.54, 1.807) is 7.11 Å². The highest BCUT2D eigenvalue weighted by Crippen LogP contribution is 2.21. The molecule has 0 saturated heterocycles. The lowest BCUT2D eigenvalue weighted by Gasteiger charge is -2.28. The number of rotatable bonds is 6. The number of benzene rings is 1. The summed E-state index contributed by atoms with van der Waals surface area (Å²) < 4.78 is 5.23. The Morgan fingerprint density at radius 2 is 2.06 bits per heavy atom. The van der Waals surface area contributed by atoms with Crippen molar-refractivity contribution in [2.75, 3.05) is 26.0 Å². The van der Waals surface area contributed by atoms with E-state index >= 15 is 0 Å². The van der Waals surface area contributed by atoms with Crippen LogP contribution in [0.4, 0.5) is 0 Å². The number of hydrogen-bond acceptors (Lipinski definition) is 2. The van der Waals surface area contributed by atoms with Crippen molar-refractivity contribution in [1.82, 2.24) is 4.90 Å². The second kappa shape index (κ2) is 6.41. The topological polar surface area (TPSA) is 12.5 Å². The molecule has 0 heterocycles. The summed E-state index contributed by atoms with van der Waals surface area (Å²) in [5.41, 5.74) is 1.59. The molecule has 0 aliphatic carbocycles. The lowest BCUT2D eigenvalue weighted by molar-refractivity contribution is 0.225. The van der Waals surface area contributed by atoms with Crippen LogP contribution in [0.1, 0.15) is 19.4 Å². The molecule has 3 heteroatoms. The summed E-state index contributed by atoms with van der Waals surface area (Å²) in [5.74, 6) is 0.927. The molecule has 0 fully saturated rings. The van der Waals surface area contributed by atoms with Gasteiger partial charge in [0.25, 0.3) is 0 Å². The third kappa shape index (κ3) is 5.09. The smallest absolute Gasteiger partial charge is 0.119 e. The molecule has 1 aromatic rings. The van der Waals surface area contributed by atoms with Gasteiger partial charge in [-0.1, -0.05) is 41.9 Å². The quantitative estimate of drug-likeness (QED) is 0.745. The number of methoxy groups -OCH3 is 1. The first kappa shape index (κ1) is 14.5. The minimum absolute atomic E-state index is 0.299. The summed E-state index contributed by atoms with van der Waals surface area (Å²) in [4.78, 5) is 2.34. The third-order valence-electron chi connectivity index (χ3n) is 2.65. The van der Waals surface area contributed by atoms with Crippen molar-refractivity contribution >= 4 is 15.9 Å². The number of alkyl halides is 1. The first-order chi connectivity index (χ1) is 7.96. The van der Waals surface area contributed by atoms with Crippen molar-refractivity contribution in [3.05, 3.63) is 29.8 Å². The summed E-state index contributed by atoms with van der Waals surface area (Å²) in [5, 5.41) is 1.02. The van der Waals surface area contributed by atoms with Crippen molar-refractivity contribution in [3.8, 4) is 5.75 Å². The van der Waals surface area contributed by atoms with Gasteiger partial charge in [0, 0.05) is 18.4 Å². The van der Waals surface area contributed by atoms with E-state index in [9.17, 15) is 0 Å². The average Bonchev–Trinajstić information content (AvgIpc) is 2.28. The lowest BCUT2D eigenvalue weighted by atomic mass is 9.96. The van der Waals surface area contributed by atoms with E-state index in [1.165, 1.54) is 5.56 Å². The molecular formula is C14H22BrNO. The highest BCUT2D eigenvalue weighted by Gasteiger charge is 2.18. The standard InChI is InChI=1S/C14H22BrNO/c1-14(2,10-15)11-16(3)9-12-6-5-7-13(8-12)17-4/h5-8H,9-11H2,1-4H3. The van der Waals surface area contributed by atoms with E-state index in [1.807, 2.05) is 12.1 Å². The van der Waals surface area contributed by atoms with Crippen molar-refractivity contribution in [1.29, 1.82) is 0 Å². The predicted octanol–water partition coefficient (Wildman–Crippen LogP) is 3.55. The van der Waals surface area contributed by atoms with E-state index in [2.05, 4.69) is 53.9 Å². The summed E-state index contributed by atoms with van der Waals surface area (Å²) in [7, 11) is 3.86. The Bertz CT molecular complexity index is 352. The molecule has 1 aromatic carbocycles. The lowest BCUT2D eigenvalue weighted by Crippen LogP contribution is -2.32. The van der Waals surface area contributed by atoms with E-state index in [4.69, 9.17) is 4.74 Å². The molecule has 0 radical (unpaired) electrons. The van der Waals surface area contributed by atoms with Gasteiger partial charge in [-0.15, -0.1) is 0 Å². The first-order valence-electron chi connectivity index (χ1n) is 5.84. The second-order valence-electron chi connectivity index (χ2n) is 5.32. The van der Waals surface area contributed by atoms with Crippen molar-refractivity contribution in [2.45, 2.75) is 20.4 Å². The number of ether oxygens (including phenoxy) is 1. The van der Waals surface area contributed by atoms with Gasteiger partial charge in [0.05, 0.1) is 7.11 Å². The third-order valence-corrected chi connectivity index (χ3v) is 4.16. The average molecular weight is 300 g/mol. The molecule has 17 heavy (non-hydrogen) atoms. The van der Waals surface area contributed by atoms with Gasteiger partial charge in [-0.2, -0.15) is 0 Å². The Morgan fingerprint density at radius 1 is 1.35 bits per heavy atom. The fourth-order valence-electron chi connectivity index (χ4n) is 1.91. The highest BCUT2D eigenvalue weighted by atomic mass is 79.9. The number of nitrogens with zero attached hydrogens (tertiary/aromatic N) is 1. The van der Waals surface area contributed by atoms with Gasteiger partial charge in [0.2, 0.25) is 0 Å². The Labute approximate surface area is 113 Å². The zero-order valence-corrected chi connectivity index (χ0v) is 12.8. The molecule has 0 N–H and O–H groups in total. The molecule has 0 unspecified atom stereocenters. The Morgan fingerprint density at radius 3 is 2.65 bits per heavy atom. The molecule has 2 nitrogen and oxygen atoms in total. The largest absolute Gasteiger partial charge is 0.497 e. The SMILES string of the molecule is COc1cccc(CN(C)CC(C)(C)CBr)c1. The molecule has 0 atom stereocenters. The van der Waals surface area contributed by atoms with Crippen molar-refractivity contribution < 1.29 is 4.74 Å². The minimum atomic E-state index is 0.299. The molecule has 0 saturated carbocycles. The molecule has 0 aliphatic rings. The van der Waals surface area contributed by atoms with Gasteiger partial charge < -0.3 is 9.64 Å². The van der Waals surface area contributed by atoms with Gasteiger partial charge in [0.1, 0.15) is 5.75 Å².